The first-order valence-electron chi connectivity index (χ1n) is 5.32. The van der Waals surface area contributed by atoms with Crippen LogP contribution in [0.15, 0.2) is 22.8 Å². The summed E-state index contributed by atoms with van der Waals surface area (Å²) in [6, 6.07) is 4.20. The monoisotopic (exact) mass is 331 g/mol. The molecular formula is C12H15Br2N. The fourth-order valence-electron chi connectivity index (χ4n) is 2.35. The highest BCUT2D eigenvalue weighted by Crippen LogP contribution is 2.43. The molecule has 82 valence electrons. The molecule has 0 spiro atoms. The molecule has 0 N–H and O–H groups in total. The number of rotatable bonds is 2. The SMILES string of the molecule is CC1(Cc2ccc(Br)cn2)CCC(Br)C1. The Morgan fingerprint density at radius 3 is 2.87 bits per heavy atom. The first-order valence-corrected chi connectivity index (χ1v) is 7.03. The van der Waals surface area contributed by atoms with Gasteiger partial charge >= 0.3 is 0 Å². The predicted molar refractivity (Wildman–Crippen MR) is 70.3 cm³/mol. The van der Waals surface area contributed by atoms with Crippen molar-refractivity contribution in [1.82, 2.24) is 4.98 Å². The van der Waals surface area contributed by atoms with Gasteiger partial charge in [-0.3, -0.25) is 4.98 Å². The molecule has 2 unspecified atom stereocenters. The molecule has 0 aliphatic heterocycles. The van der Waals surface area contributed by atoms with Crippen LogP contribution in [0, 0.1) is 5.41 Å². The normalized spacial score (nSPS) is 30.7. The van der Waals surface area contributed by atoms with Crippen molar-refractivity contribution < 1.29 is 0 Å². The summed E-state index contributed by atoms with van der Waals surface area (Å²) < 4.78 is 1.06. The highest BCUT2D eigenvalue weighted by Gasteiger charge is 2.34. The van der Waals surface area contributed by atoms with Crippen LogP contribution in [-0.2, 0) is 6.42 Å². The Morgan fingerprint density at radius 2 is 2.33 bits per heavy atom. The first kappa shape index (κ1) is 11.6. The van der Waals surface area contributed by atoms with Crippen molar-refractivity contribution in [3.05, 3.63) is 28.5 Å². The summed E-state index contributed by atoms with van der Waals surface area (Å²) in [4.78, 5) is 5.16. The zero-order valence-corrected chi connectivity index (χ0v) is 12.0. The molecule has 1 aromatic heterocycles. The van der Waals surface area contributed by atoms with E-state index in [1.807, 2.05) is 6.20 Å². The maximum absolute atomic E-state index is 4.45. The van der Waals surface area contributed by atoms with E-state index in [0.717, 1.165) is 10.9 Å². The van der Waals surface area contributed by atoms with E-state index in [0.29, 0.717) is 10.2 Å². The zero-order chi connectivity index (χ0) is 10.9. The molecule has 1 aromatic rings. The number of halogens is 2. The molecule has 0 bridgehead atoms. The molecular weight excluding hydrogens is 318 g/mol. The Morgan fingerprint density at radius 1 is 1.53 bits per heavy atom. The largest absolute Gasteiger partial charge is 0.260 e. The van der Waals surface area contributed by atoms with Crippen LogP contribution >= 0.6 is 31.9 Å². The van der Waals surface area contributed by atoms with E-state index in [2.05, 4.69) is 55.9 Å². The number of aromatic nitrogens is 1. The first-order chi connectivity index (χ1) is 7.07. The minimum absolute atomic E-state index is 0.439. The molecule has 15 heavy (non-hydrogen) atoms. The van der Waals surface area contributed by atoms with Crippen molar-refractivity contribution in [2.75, 3.05) is 0 Å². The van der Waals surface area contributed by atoms with Crippen LogP contribution in [-0.4, -0.2) is 9.81 Å². The van der Waals surface area contributed by atoms with Gasteiger partial charge in [0.05, 0.1) is 0 Å². The van der Waals surface area contributed by atoms with Gasteiger partial charge < -0.3 is 0 Å². The van der Waals surface area contributed by atoms with Crippen molar-refractivity contribution in [2.24, 2.45) is 5.41 Å². The number of alkyl halides is 1. The third kappa shape index (κ3) is 3.04. The van der Waals surface area contributed by atoms with Crippen LogP contribution in [0.25, 0.3) is 0 Å². The third-order valence-corrected chi connectivity index (χ3v) is 4.42. The molecule has 1 fully saturated rings. The molecule has 1 saturated carbocycles. The lowest BCUT2D eigenvalue weighted by atomic mass is 9.84. The fourth-order valence-corrected chi connectivity index (χ4v) is 3.60. The third-order valence-electron chi connectivity index (χ3n) is 3.17. The van der Waals surface area contributed by atoms with Gasteiger partial charge in [0.15, 0.2) is 0 Å². The Bertz CT molecular complexity index is 336. The second kappa shape index (κ2) is 4.54. The van der Waals surface area contributed by atoms with E-state index >= 15 is 0 Å². The van der Waals surface area contributed by atoms with Gasteiger partial charge in [0.25, 0.3) is 0 Å². The molecule has 1 aliphatic rings. The van der Waals surface area contributed by atoms with Gasteiger partial charge in [0.1, 0.15) is 0 Å². The van der Waals surface area contributed by atoms with Gasteiger partial charge in [-0.15, -0.1) is 0 Å². The fraction of sp³-hybridized carbons (Fsp3) is 0.583. The molecule has 3 heteroatoms. The van der Waals surface area contributed by atoms with Crippen LogP contribution < -0.4 is 0 Å². The molecule has 1 nitrogen and oxygen atoms in total. The minimum atomic E-state index is 0.439. The van der Waals surface area contributed by atoms with Crippen LogP contribution in [0.5, 0.6) is 0 Å². The molecule has 1 aliphatic carbocycles. The zero-order valence-electron chi connectivity index (χ0n) is 8.84. The summed E-state index contributed by atoms with van der Waals surface area (Å²) in [6.07, 6.45) is 6.86. The molecule has 0 aromatic carbocycles. The molecule has 0 saturated heterocycles. The number of hydrogen-bond donors (Lipinski definition) is 0. The highest BCUT2D eigenvalue weighted by molar-refractivity contribution is 9.10. The van der Waals surface area contributed by atoms with E-state index in [4.69, 9.17) is 0 Å². The summed E-state index contributed by atoms with van der Waals surface area (Å²) in [5, 5.41) is 0. The Labute approximate surface area is 108 Å². The molecule has 2 rings (SSSR count). The summed E-state index contributed by atoms with van der Waals surface area (Å²) in [5.41, 5.74) is 1.65. The maximum Gasteiger partial charge on any atom is 0.0413 e. The minimum Gasteiger partial charge on any atom is -0.260 e. The van der Waals surface area contributed by atoms with Crippen molar-refractivity contribution in [3.63, 3.8) is 0 Å². The molecule has 0 radical (unpaired) electrons. The van der Waals surface area contributed by atoms with Gasteiger partial charge in [-0.2, -0.15) is 0 Å². The van der Waals surface area contributed by atoms with Gasteiger partial charge in [0.2, 0.25) is 0 Å². The summed E-state index contributed by atoms with van der Waals surface area (Å²) in [5.74, 6) is 0. The average Bonchev–Trinajstić information content (AvgIpc) is 2.50. The lowest BCUT2D eigenvalue weighted by Gasteiger charge is -2.23. The van der Waals surface area contributed by atoms with Crippen molar-refractivity contribution in [1.29, 1.82) is 0 Å². The van der Waals surface area contributed by atoms with Gasteiger partial charge in [-0.1, -0.05) is 22.9 Å². The van der Waals surface area contributed by atoms with E-state index < -0.39 is 0 Å². The Kier molecular flexibility index (Phi) is 3.51. The maximum atomic E-state index is 4.45. The quantitative estimate of drug-likeness (QED) is 0.734. The Hall–Kier alpha value is 0.110. The number of nitrogens with zero attached hydrogens (tertiary/aromatic N) is 1. The topological polar surface area (TPSA) is 12.9 Å². The number of hydrogen-bond acceptors (Lipinski definition) is 1. The van der Waals surface area contributed by atoms with E-state index in [-0.39, 0.29) is 0 Å². The predicted octanol–water partition coefficient (Wildman–Crippen LogP) is 4.34. The van der Waals surface area contributed by atoms with Crippen molar-refractivity contribution >= 4 is 31.9 Å². The van der Waals surface area contributed by atoms with Gasteiger partial charge in [0, 0.05) is 21.2 Å². The van der Waals surface area contributed by atoms with Crippen LogP contribution in [0.1, 0.15) is 31.9 Å². The van der Waals surface area contributed by atoms with E-state index in [9.17, 15) is 0 Å². The van der Waals surface area contributed by atoms with Crippen LogP contribution in [0.3, 0.4) is 0 Å². The summed E-state index contributed by atoms with van der Waals surface area (Å²) in [7, 11) is 0. The van der Waals surface area contributed by atoms with Crippen molar-refractivity contribution in [3.8, 4) is 0 Å². The van der Waals surface area contributed by atoms with E-state index in [1.165, 1.54) is 25.0 Å². The molecule has 0 amide bonds. The molecule has 1 heterocycles. The Balaban J connectivity index is 2.05. The van der Waals surface area contributed by atoms with E-state index in [1.54, 1.807) is 0 Å². The molecule has 2 atom stereocenters. The standard InChI is InChI=1S/C12H15Br2N/c1-12(5-4-9(13)6-12)7-11-3-2-10(14)8-15-11/h2-3,8-9H,4-7H2,1H3. The second-order valence-corrected chi connectivity index (χ2v) is 7.01. The lowest BCUT2D eigenvalue weighted by molar-refractivity contribution is 0.332. The summed E-state index contributed by atoms with van der Waals surface area (Å²) in [6.45, 7) is 2.37. The van der Waals surface area contributed by atoms with Crippen LogP contribution in [0.4, 0.5) is 0 Å². The van der Waals surface area contributed by atoms with Crippen molar-refractivity contribution in [2.45, 2.75) is 37.4 Å². The number of pyridine rings is 1. The van der Waals surface area contributed by atoms with Gasteiger partial charge in [-0.05, 0) is 59.2 Å². The van der Waals surface area contributed by atoms with Crippen LogP contribution in [0.2, 0.25) is 0 Å². The highest BCUT2D eigenvalue weighted by atomic mass is 79.9. The summed E-state index contributed by atoms with van der Waals surface area (Å²) >= 11 is 7.12. The average molecular weight is 333 g/mol. The second-order valence-electron chi connectivity index (χ2n) is 4.80. The smallest absolute Gasteiger partial charge is 0.0413 e. The lowest BCUT2D eigenvalue weighted by Crippen LogP contribution is -2.16. The van der Waals surface area contributed by atoms with Gasteiger partial charge in [-0.25, -0.2) is 0 Å².